The average molecular weight is 358 g/mol. The molecule has 0 atom stereocenters. The van der Waals surface area contributed by atoms with Gasteiger partial charge in [0.15, 0.2) is 0 Å². The molecule has 1 aliphatic carbocycles. The lowest BCUT2D eigenvalue weighted by Crippen LogP contribution is -2.52. The van der Waals surface area contributed by atoms with Crippen molar-refractivity contribution in [2.45, 2.75) is 44.9 Å². The maximum Gasteiger partial charge on any atom is 0.409 e. The molecule has 1 heterocycles. The van der Waals surface area contributed by atoms with E-state index in [-0.39, 0.29) is 17.4 Å². The maximum atomic E-state index is 13.3. The molecule has 1 saturated carbocycles. The lowest BCUT2D eigenvalue weighted by molar-refractivity contribution is -0.140. The van der Waals surface area contributed by atoms with E-state index in [1.165, 1.54) is 0 Å². The molecule has 0 bridgehead atoms. The molecule has 1 saturated heterocycles. The van der Waals surface area contributed by atoms with Crippen molar-refractivity contribution >= 4 is 12.0 Å². The quantitative estimate of drug-likeness (QED) is 0.828. The lowest BCUT2D eigenvalue weighted by Gasteiger charge is -2.44. The molecule has 1 aliphatic heterocycles. The second-order valence-corrected chi connectivity index (χ2v) is 7.91. The third-order valence-corrected chi connectivity index (χ3v) is 5.52. The minimum absolute atomic E-state index is 0.229. The van der Waals surface area contributed by atoms with Crippen LogP contribution in [-0.2, 0) is 14.9 Å². The second-order valence-electron chi connectivity index (χ2n) is 7.91. The summed E-state index contributed by atoms with van der Waals surface area (Å²) < 4.78 is 5.35. The molecule has 0 aromatic heterocycles. The van der Waals surface area contributed by atoms with Crippen LogP contribution >= 0.6 is 0 Å². The first kappa shape index (κ1) is 18.7. The number of hydrogen-bond acceptors (Lipinski definition) is 3. The Kier molecular flexibility index (Phi) is 5.84. The molecule has 5 nitrogen and oxygen atoms in total. The fourth-order valence-corrected chi connectivity index (χ4v) is 3.85. The van der Waals surface area contributed by atoms with E-state index in [0.717, 1.165) is 31.2 Å². The fourth-order valence-electron chi connectivity index (χ4n) is 3.85. The molecule has 142 valence electrons. The Balaban J connectivity index is 1.63. The van der Waals surface area contributed by atoms with Gasteiger partial charge >= 0.3 is 6.09 Å². The Bertz CT molecular complexity index is 625. The summed E-state index contributed by atoms with van der Waals surface area (Å²) in [4.78, 5) is 29.3. The second kappa shape index (κ2) is 8.11. The molecule has 0 spiro atoms. The molecule has 2 fully saturated rings. The van der Waals surface area contributed by atoms with Crippen molar-refractivity contribution in [1.82, 2.24) is 9.80 Å². The smallest absolute Gasteiger partial charge is 0.409 e. The predicted molar refractivity (Wildman–Crippen MR) is 101 cm³/mol. The summed E-state index contributed by atoms with van der Waals surface area (Å²) in [7, 11) is 0. The van der Waals surface area contributed by atoms with Crippen LogP contribution in [0.15, 0.2) is 30.3 Å². The predicted octanol–water partition coefficient (Wildman–Crippen LogP) is 3.44. The van der Waals surface area contributed by atoms with Crippen LogP contribution in [0.25, 0.3) is 0 Å². The zero-order valence-electron chi connectivity index (χ0n) is 15.9. The van der Waals surface area contributed by atoms with E-state index in [1.54, 1.807) is 4.90 Å². The molecule has 2 amide bonds. The summed E-state index contributed by atoms with van der Waals surface area (Å²) in [6.45, 7) is 6.99. The molecule has 0 radical (unpaired) electrons. The first-order valence-corrected chi connectivity index (χ1v) is 9.79. The van der Waals surface area contributed by atoms with Crippen LogP contribution in [-0.4, -0.2) is 54.6 Å². The van der Waals surface area contributed by atoms with E-state index in [1.807, 2.05) is 36.9 Å². The van der Waals surface area contributed by atoms with Gasteiger partial charge in [-0.25, -0.2) is 4.79 Å². The van der Waals surface area contributed by atoms with E-state index in [0.29, 0.717) is 38.7 Å². The van der Waals surface area contributed by atoms with Crippen molar-refractivity contribution in [3.8, 4) is 0 Å². The standard InChI is InChI=1S/C21H30N2O3/c1-17(2)16-26-20(25)23-13-7-12-22(14-15-23)19(24)21(10-6-11-21)18-8-4-3-5-9-18/h3-5,8-9,17H,6-7,10-16H2,1-2H3. The van der Waals surface area contributed by atoms with Gasteiger partial charge in [0.25, 0.3) is 0 Å². The minimum Gasteiger partial charge on any atom is -0.449 e. The normalized spacial score (nSPS) is 19.7. The van der Waals surface area contributed by atoms with E-state index >= 15 is 0 Å². The van der Waals surface area contributed by atoms with E-state index in [9.17, 15) is 9.59 Å². The van der Waals surface area contributed by atoms with Crippen molar-refractivity contribution in [2.24, 2.45) is 5.92 Å². The largest absolute Gasteiger partial charge is 0.449 e. The summed E-state index contributed by atoms with van der Waals surface area (Å²) >= 11 is 0. The summed E-state index contributed by atoms with van der Waals surface area (Å²) in [6.07, 6.45) is 3.49. The maximum absolute atomic E-state index is 13.3. The Morgan fingerprint density at radius 3 is 2.27 bits per heavy atom. The van der Waals surface area contributed by atoms with Gasteiger partial charge in [-0.1, -0.05) is 50.6 Å². The summed E-state index contributed by atoms with van der Waals surface area (Å²) in [5.41, 5.74) is 0.780. The number of carbonyl (C=O) groups is 2. The number of amides is 2. The molecule has 5 heteroatoms. The Labute approximate surface area is 156 Å². The van der Waals surface area contributed by atoms with Crippen LogP contribution in [0, 0.1) is 5.92 Å². The highest BCUT2D eigenvalue weighted by molar-refractivity contribution is 5.89. The van der Waals surface area contributed by atoms with Gasteiger partial charge in [-0.2, -0.15) is 0 Å². The molecule has 0 N–H and O–H groups in total. The number of rotatable bonds is 4. The van der Waals surface area contributed by atoms with Gasteiger partial charge in [-0.15, -0.1) is 0 Å². The van der Waals surface area contributed by atoms with Gasteiger partial charge in [-0.05, 0) is 30.7 Å². The highest BCUT2D eigenvalue weighted by Gasteiger charge is 2.47. The first-order valence-electron chi connectivity index (χ1n) is 9.79. The van der Waals surface area contributed by atoms with Crippen molar-refractivity contribution in [3.63, 3.8) is 0 Å². The molecular weight excluding hydrogens is 328 g/mol. The third kappa shape index (κ3) is 3.87. The zero-order valence-corrected chi connectivity index (χ0v) is 15.9. The van der Waals surface area contributed by atoms with E-state index in [4.69, 9.17) is 4.74 Å². The SMILES string of the molecule is CC(C)COC(=O)N1CCCN(C(=O)C2(c3ccccc3)CCC2)CC1. The van der Waals surface area contributed by atoms with Crippen LogP contribution in [0.1, 0.15) is 45.1 Å². The summed E-state index contributed by atoms with van der Waals surface area (Å²) in [5, 5.41) is 0. The van der Waals surface area contributed by atoms with Gasteiger partial charge in [0.2, 0.25) is 5.91 Å². The molecule has 2 aliphatic rings. The summed E-state index contributed by atoms with van der Waals surface area (Å²) in [5.74, 6) is 0.556. The lowest BCUT2D eigenvalue weighted by atomic mass is 9.63. The van der Waals surface area contributed by atoms with Crippen LogP contribution < -0.4 is 0 Å². The van der Waals surface area contributed by atoms with Crippen molar-refractivity contribution in [2.75, 3.05) is 32.8 Å². The van der Waals surface area contributed by atoms with Gasteiger partial charge in [0.1, 0.15) is 0 Å². The van der Waals surface area contributed by atoms with E-state index in [2.05, 4.69) is 12.1 Å². The molecule has 1 aromatic carbocycles. The summed E-state index contributed by atoms with van der Waals surface area (Å²) in [6, 6.07) is 10.2. The minimum atomic E-state index is -0.353. The van der Waals surface area contributed by atoms with Gasteiger partial charge < -0.3 is 14.5 Å². The molecular formula is C21H30N2O3. The van der Waals surface area contributed by atoms with Gasteiger partial charge in [0, 0.05) is 26.2 Å². The van der Waals surface area contributed by atoms with Crippen LogP contribution in [0.3, 0.4) is 0 Å². The monoisotopic (exact) mass is 358 g/mol. The number of carbonyl (C=O) groups excluding carboxylic acids is 2. The highest BCUT2D eigenvalue weighted by Crippen LogP contribution is 2.45. The van der Waals surface area contributed by atoms with Gasteiger partial charge in [0.05, 0.1) is 12.0 Å². The molecule has 3 rings (SSSR count). The molecule has 26 heavy (non-hydrogen) atoms. The number of nitrogens with zero attached hydrogens (tertiary/aromatic N) is 2. The van der Waals surface area contributed by atoms with E-state index < -0.39 is 0 Å². The number of hydrogen-bond donors (Lipinski definition) is 0. The van der Waals surface area contributed by atoms with Crippen LogP contribution in [0.5, 0.6) is 0 Å². The third-order valence-electron chi connectivity index (χ3n) is 5.52. The van der Waals surface area contributed by atoms with Crippen molar-refractivity contribution < 1.29 is 14.3 Å². The Morgan fingerprint density at radius 2 is 1.65 bits per heavy atom. The Morgan fingerprint density at radius 1 is 1.00 bits per heavy atom. The topological polar surface area (TPSA) is 49.9 Å². The first-order chi connectivity index (χ1) is 12.5. The average Bonchev–Trinajstić information content (AvgIpc) is 2.86. The van der Waals surface area contributed by atoms with Crippen molar-refractivity contribution in [3.05, 3.63) is 35.9 Å². The van der Waals surface area contributed by atoms with Crippen LogP contribution in [0.2, 0.25) is 0 Å². The van der Waals surface area contributed by atoms with Gasteiger partial charge in [-0.3, -0.25) is 4.79 Å². The van der Waals surface area contributed by atoms with Crippen LogP contribution in [0.4, 0.5) is 4.79 Å². The molecule has 1 aromatic rings. The van der Waals surface area contributed by atoms with Crippen molar-refractivity contribution in [1.29, 1.82) is 0 Å². The highest BCUT2D eigenvalue weighted by atomic mass is 16.6. The number of ether oxygens (including phenoxy) is 1. The molecule has 0 unspecified atom stereocenters. The fraction of sp³-hybridized carbons (Fsp3) is 0.619. The number of benzene rings is 1. The Hall–Kier alpha value is -2.04. The zero-order chi connectivity index (χ0) is 18.6.